The lowest BCUT2D eigenvalue weighted by molar-refractivity contribution is -0.347. The monoisotopic (exact) mass is 772 g/mol. The van der Waals surface area contributed by atoms with Crippen molar-refractivity contribution in [2.24, 2.45) is 11.8 Å². The van der Waals surface area contributed by atoms with Gasteiger partial charge in [0.1, 0.15) is 67.1 Å². The van der Waals surface area contributed by atoms with Crippen LogP contribution in [0.2, 0.25) is 0 Å². The van der Waals surface area contributed by atoms with E-state index in [0.717, 1.165) is 0 Å². The summed E-state index contributed by atoms with van der Waals surface area (Å²) < 4.78 is 41.2. The van der Waals surface area contributed by atoms with Gasteiger partial charge in [0.05, 0.1) is 62.0 Å². The molecule has 2 aliphatic carbocycles. The minimum Gasteiger partial charge on any atom is -0.394 e. The normalized spacial score (nSPS) is 55.4. The van der Waals surface area contributed by atoms with Crippen LogP contribution in [-0.4, -0.2) is 214 Å². The summed E-state index contributed by atoms with van der Waals surface area (Å²) in [7, 11) is 0. The van der Waals surface area contributed by atoms with Crippen LogP contribution in [0.25, 0.3) is 0 Å². The number of rotatable bonds is 9. The van der Waals surface area contributed by atoms with E-state index in [4.69, 9.17) is 33.2 Å². The predicted molar refractivity (Wildman–Crippen MR) is 170 cm³/mol. The van der Waals surface area contributed by atoms with Crippen LogP contribution in [0.1, 0.15) is 45.4 Å². The maximum absolute atomic E-state index is 11.0. The lowest BCUT2D eigenvalue weighted by atomic mass is 9.72. The van der Waals surface area contributed by atoms with Crippen molar-refractivity contribution >= 4 is 0 Å². The quantitative estimate of drug-likeness (QED) is 0.104. The Bertz CT molecular complexity index is 1170. The highest BCUT2D eigenvalue weighted by molar-refractivity contribution is 5.00. The predicted octanol–water partition coefficient (Wildman–Crippen LogP) is -6.34. The van der Waals surface area contributed by atoms with E-state index < -0.39 is 160 Å². The van der Waals surface area contributed by atoms with Gasteiger partial charge < -0.3 is 99.5 Å². The molecule has 4 heterocycles. The molecule has 4 saturated heterocycles. The number of hydrogen-bond donors (Lipinski definition) is 13. The van der Waals surface area contributed by atoms with Gasteiger partial charge in [-0.25, -0.2) is 0 Å². The van der Waals surface area contributed by atoms with Crippen molar-refractivity contribution in [3.05, 3.63) is 0 Å². The van der Waals surface area contributed by atoms with Crippen molar-refractivity contribution in [1.82, 2.24) is 0 Å². The summed E-state index contributed by atoms with van der Waals surface area (Å²) in [6, 6.07) is 0. The molecule has 13 N–H and O–H groups in total. The molecule has 0 radical (unpaired) electrons. The van der Waals surface area contributed by atoms with Gasteiger partial charge in [-0.3, -0.25) is 0 Å². The largest absolute Gasteiger partial charge is 0.394 e. The third-order valence-corrected chi connectivity index (χ3v) is 11.8. The van der Waals surface area contributed by atoms with Crippen LogP contribution in [0.15, 0.2) is 0 Å². The third-order valence-electron chi connectivity index (χ3n) is 11.8. The van der Waals surface area contributed by atoms with Gasteiger partial charge in [-0.1, -0.05) is 0 Å². The molecule has 6 aliphatic rings. The average molecular weight is 773 g/mol. The standard InChI is InChI=1S/C33H56O20/c1-10-21(38)24(41)27(44)31(48-10)47-9-20-23(40)26(43)29(46)33(53-20)51-18-7-13-15(37)5-12(35)6-16(13)49-30(18)11-2-3-14(36)17(4-11)50-32-28(45)25(42)22(39)19(8-34)52-32/h10-46H,2-9H2,1H3/t10-,11?,12?,13?,14?,15?,16?,17?,18?,19+,20+,21-,22+,23+,24+,25-,26-,27+,28+,29+,30?,31+,32+,33+/m0/s1. The van der Waals surface area contributed by atoms with Gasteiger partial charge in [0.2, 0.25) is 0 Å². The first-order chi connectivity index (χ1) is 25.1. The third kappa shape index (κ3) is 8.72. The number of fused-ring (bicyclic) bond motifs is 1. The molecule has 0 aromatic carbocycles. The van der Waals surface area contributed by atoms with Gasteiger partial charge in [0.25, 0.3) is 0 Å². The fraction of sp³-hybridized carbons (Fsp3) is 1.00. The zero-order valence-electron chi connectivity index (χ0n) is 29.2. The molecular weight excluding hydrogens is 716 g/mol. The summed E-state index contributed by atoms with van der Waals surface area (Å²) in [5.74, 6) is -0.946. The molecular formula is C33H56O20. The molecule has 4 aliphatic heterocycles. The molecule has 20 heteroatoms. The molecule has 0 aromatic heterocycles. The summed E-state index contributed by atoms with van der Waals surface area (Å²) in [6.45, 7) is 0.276. The van der Waals surface area contributed by atoms with E-state index in [9.17, 15) is 66.4 Å². The fourth-order valence-electron chi connectivity index (χ4n) is 8.57. The van der Waals surface area contributed by atoms with E-state index in [1.54, 1.807) is 0 Å². The highest BCUT2D eigenvalue weighted by Gasteiger charge is 2.53. The lowest BCUT2D eigenvalue weighted by Crippen LogP contribution is -2.63. The van der Waals surface area contributed by atoms with Gasteiger partial charge in [-0.05, 0) is 51.4 Å². The topological polar surface area (TPSA) is 328 Å². The van der Waals surface area contributed by atoms with Crippen molar-refractivity contribution in [2.45, 2.75) is 180 Å². The highest BCUT2D eigenvalue weighted by atomic mass is 16.7. The number of hydrogen-bond acceptors (Lipinski definition) is 20. The Kier molecular flexibility index (Phi) is 13.7. The Morgan fingerprint density at radius 1 is 0.528 bits per heavy atom. The van der Waals surface area contributed by atoms with Crippen molar-refractivity contribution < 1.29 is 99.5 Å². The van der Waals surface area contributed by atoms with Crippen molar-refractivity contribution in [3.63, 3.8) is 0 Å². The van der Waals surface area contributed by atoms with Crippen LogP contribution < -0.4 is 0 Å². The molecule has 0 amide bonds. The summed E-state index contributed by atoms with van der Waals surface area (Å²) in [5, 5.41) is 136. The minimum atomic E-state index is -1.79. The SMILES string of the molecule is C[C@@H]1O[C@@H](OC[C@H]2O[C@@H](OC3CC4C(O)CC(O)CC4OC3C3CCC(O)C(O[C@@H]4O[C@H](CO)[C@@H](O)[C@H](O)[C@H]4O)C3)[C@H](O)[C@@H](O)[C@@H]2O)[C@H](O)[C@H](O)[C@H]1O. The smallest absolute Gasteiger partial charge is 0.187 e. The minimum absolute atomic E-state index is 0.0950. The molecule has 308 valence electrons. The van der Waals surface area contributed by atoms with Gasteiger partial charge >= 0.3 is 0 Å². The maximum atomic E-state index is 11.0. The van der Waals surface area contributed by atoms with E-state index in [0.29, 0.717) is 6.42 Å². The fourth-order valence-corrected chi connectivity index (χ4v) is 8.57. The first-order valence-electron chi connectivity index (χ1n) is 18.4. The molecule has 24 atom stereocenters. The van der Waals surface area contributed by atoms with Crippen LogP contribution in [0.3, 0.4) is 0 Å². The first kappa shape index (κ1) is 41.8. The summed E-state index contributed by atoms with van der Waals surface area (Å²) in [5.41, 5.74) is 0. The molecule has 6 fully saturated rings. The Labute approximate surface area is 305 Å². The zero-order chi connectivity index (χ0) is 38.5. The second-order valence-electron chi connectivity index (χ2n) is 15.4. The number of aliphatic hydroxyl groups is 13. The Morgan fingerprint density at radius 3 is 1.77 bits per heavy atom. The summed E-state index contributed by atoms with van der Waals surface area (Å²) in [4.78, 5) is 0. The van der Waals surface area contributed by atoms with E-state index in [2.05, 4.69) is 0 Å². The van der Waals surface area contributed by atoms with Crippen LogP contribution in [-0.2, 0) is 33.2 Å². The van der Waals surface area contributed by atoms with Crippen LogP contribution in [0.4, 0.5) is 0 Å². The molecule has 53 heavy (non-hydrogen) atoms. The summed E-state index contributed by atoms with van der Waals surface area (Å²) in [6.07, 6.45) is -28.0. The average Bonchev–Trinajstić information content (AvgIpc) is 3.13. The molecule has 9 unspecified atom stereocenters. The van der Waals surface area contributed by atoms with Crippen molar-refractivity contribution in [3.8, 4) is 0 Å². The van der Waals surface area contributed by atoms with Gasteiger partial charge in [-0.15, -0.1) is 0 Å². The first-order valence-corrected chi connectivity index (χ1v) is 18.4. The molecule has 6 rings (SSSR count). The highest BCUT2D eigenvalue weighted by Crippen LogP contribution is 2.44. The van der Waals surface area contributed by atoms with Crippen LogP contribution in [0, 0.1) is 11.8 Å². The van der Waals surface area contributed by atoms with E-state index in [-0.39, 0.29) is 32.1 Å². The molecule has 0 spiro atoms. The molecule has 20 nitrogen and oxygen atoms in total. The lowest BCUT2D eigenvalue weighted by Gasteiger charge is -2.51. The Balaban J connectivity index is 1.17. The van der Waals surface area contributed by atoms with E-state index in [1.807, 2.05) is 0 Å². The molecule has 0 aromatic rings. The molecule has 0 bridgehead atoms. The number of aliphatic hydroxyl groups excluding tert-OH is 13. The zero-order valence-corrected chi connectivity index (χ0v) is 29.2. The van der Waals surface area contributed by atoms with E-state index >= 15 is 0 Å². The second-order valence-corrected chi connectivity index (χ2v) is 15.4. The van der Waals surface area contributed by atoms with Gasteiger partial charge in [-0.2, -0.15) is 0 Å². The molecule has 2 saturated carbocycles. The summed E-state index contributed by atoms with van der Waals surface area (Å²) >= 11 is 0. The Morgan fingerprint density at radius 2 is 1.11 bits per heavy atom. The van der Waals surface area contributed by atoms with Crippen LogP contribution >= 0.6 is 0 Å². The van der Waals surface area contributed by atoms with Crippen LogP contribution in [0.5, 0.6) is 0 Å². The van der Waals surface area contributed by atoms with E-state index in [1.165, 1.54) is 6.92 Å². The number of ether oxygens (including phenoxy) is 7. The maximum Gasteiger partial charge on any atom is 0.187 e. The van der Waals surface area contributed by atoms with Crippen molar-refractivity contribution in [1.29, 1.82) is 0 Å². The van der Waals surface area contributed by atoms with Gasteiger partial charge in [0.15, 0.2) is 18.9 Å². The Hall–Kier alpha value is -0.800. The second kappa shape index (κ2) is 17.4. The van der Waals surface area contributed by atoms with Crippen molar-refractivity contribution in [2.75, 3.05) is 13.2 Å². The van der Waals surface area contributed by atoms with Gasteiger partial charge in [0, 0.05) is 5.92 Å².